The Morgan fingerprint density at radius 3 is 2.73 bits per heavy atom. The molecule has 2 amide bonds. The number of unbranched alkanes of at least 4 members (excludes halogenated alkanes) is 2. The third kappa shape index (κ3) is 6.16. The van der Waals surface area contributed by atoms with Crippen molar-refractivity contribution >= 4 is 62.1 Å². The zero-order chi connectivity index (χ0) is 24.0. The first-order chi connectivity index (χ1) is 15.8. The molecule has 3 rings (SSSR count). The molecule has 0 bridgehead atoms. The minimum atomic E-state index is -0.389. The van der Waals surface area contributed by atoms with Crippen LogP contribution in [0.5, 0.6) is 11.5 Å². The molecule has 1 aliphatic heterocycles. The van der Waals surface area contributed by atoms with Crippen LogP contribution in [0.4, 0.5) is 0 Å². The summed E-state index contributed by atoms with van der Waals surface area (Å²) < 4.78 is 12.4. The van der Waals surface area contributed by atoms with E-state index >= 15 is 0 Å². The number of hydrogen-bond acceptors (Lipinski definition) is 6. The van der Waals surface area contributed by atoms with E-state index in [2.05, 4.69) is 28.3 Å². The number of methoxy groups -OCH3 is 1. The number of thioether (sulfide) groups is 1. The van der Waals surface area contributed by atoms with E-state index in [1.807, 2.05) is 25.1 Å². The minimum Gasteiger partial charge on any atom is -0.493 e. The number of rotatable bonds is 9. The number of ether oxygens (including phenoxy) is 2. The van der Waals surface area contributed by atoms with Crippen molar-refractivity contribution in [1.82, 2.24) is 10.4 Å². The van der Waals surface area contributed by atoms with E-state index in [-0.39, 0.29) is 16.1 Å². The van der Waals surface area contributed by atoms with Crippen molar-refractivity contribution in [3.63, 3.8) is 0 Å². The van der Waals surface area contributed by atoms with Crippen molar-refractivity contribution in [2.75, 3.05) is 13.7 Å². The van der Waals surface area contributed by atoms with Crippen LogP contribution >= 0.6 is 39.9 Å². The molecule has 2 aromatic rings. The first kappa shape index (κ1) is 25.3. The summed E-state index contributed by atoms with van der Waals surface area (Å²) >= 11 is 10.0. The molecular formula is C24H25BrN2O4S2. The van der Waals surface area contributed by atoms with Gasteiger partial charge in [0.25, 0.3) is 11.8 Å². The second-order valence-corrected chi connectivity index (χ2v) is 9.89. The molecule has 9 heteroatoms. The van der Waals surface area contributed by atoms with Crippen molar-refractivity contribution in [2.45, 2.75) is 33.1 Å². The van der Waals surface area contributed by atoms with Gasteiger partial charge in [0, 0.05) is 5.56 Å². The van der Waals surface area contributed by atoms with E-state index in [0.717, 1.165) is 51.6 Å². The predicted molar refractivity (Wildman–Crippen MR) is 139 cm³/mol. The second-order valence-electron chi connectivity index (χ2n) is 7.36. The van der Waals surface area contributed by atoms with Gasteiger partial charge >= 0.3 is 0 Å². The van der Waals surface area contributed by atoms with Crippen molar-refractivity contribution in [2.24, 2.45) is 0 Å². The van der Waals surface area contributed by atoms with Crippen LogP contribution in [0.15, 0.2) is 45.8 Å². The van der Waals surface area contributed by atoms with Crippen LogP contribution in [0.1, 0.15) is 47.7 Å². The molecule has 0 aliphatic carbocycles. The van der Waals surface area contributed by atoms with Gasteiger partial charge in [0.2, 0.25) is 0 Å². The highest BCUT2D eigenvalue weighted by Gasteiger charge is 2.34. The predicted octanol–water partition coefficient (Wildman–Crippen LogP) is 5.88. The van der Waals surface area contributed by atoms with E-state index in [1.54, 1.807) is 31.4 Å². The molecule has 1 fully saturated rings. The lowest BCUT2D eigenvalue weighted by molar-refractivity contribution is -0.123. The van der Waals surface area contributed by atoms with Crippen molar-refractivity contribution in [3.05, 3.63) is 62.5 Å². The van der Waals surface area contributed by atoms with Gasteiger partial charge in [-0.2, -0.15) is 5.01 Å². The van der Waals surface area contributed by atoms with Gasteiger partial charge in [0.1, 0.15) is 0 Å². The summed E-state index contributed by atoms with van der Waals surface area (Å²) in [5, 5.41) is 1.11. The fourth-order valence-corrected chi connectivity index (χ4v) is 4.95. The Hall–Kier alpha value is -2.36. The Kier molecular flexibility index (Phi) is 8.94. The molecular weight excluding hydrogens is 524 g/mol. The molecule has 0 aromatic heterocycles. The van der Waals surface area contributed by atoms with Crippen LogP contribution in [-0.2, 0) is 4.79 Å². The lowest BCUT2D eigenvalue weighted by atomic mass is 10.1. The van der Waals surface area contributed by atoms with Crippen molar-refractivity contribution < 1.29 is 19.1 Å². The number of thiocarbonyl (C=S) groups is 1. The number of hydrogen-bond donors (Lipinski definition) is 1. The third-order valence-corrected chi connectivity index (χ3v) is 6.83. The first-order valence-electron chi connectivity index (χ1n) is 10.5. The molecule has 174 valence electrons. The molecule has 1 saturated heterocycles. The Morgan fingerprint density at radius 2 is 2.03 bits per heavy atom. The lowest BCUT2D eigenvalue weighted by Gasteiger charge is -2.16. The number of carbonyl (C=O) groups excluding carboxylic acids is 2. The fraction of sp³-hybridized carbons (Fsp3) is 0.292. The molecule has 0 saturated carbocycles. The van der Waals surface area contributed by atoms with Crippen LogP contribution in [0.2, 0.25) is 0 Å². The van der Waals surface area contributed by atoms with Crippen LogP contribution in [-0.4, -0.2) is 34.9 Å². The smallest absolute Gasteiger partial charge is 0.285 e. The number of halogens is 1. The summed E-state index contributed by atoms with van der Waals surface area (Å²) in [5.74, 6) is 0.417. The molecule has 0 radical (unpaired) electrons. The number of hydrazine groups is 1. The van der Waals surface area contributed by atoms with Crippen molar-refractivity contribution in [1.29, 1.82) is 0 Å². The highest BCUT2D eigenvalue weighted by molar-refractivity contribution is 9.10. The molecule has 1 N–H and O–H groups in total. The molecule has 6 nitrogen and oxygen atoms in total. The quantitative estimate of drug-likeness (QED) is 0.239. The van der Waals surface area contributed by atoms with Crippen LogP contribution in [0.25, 0.3) is 6.08 Å². The summed E-state index contributed by atoms with van der Waals surface area (Å²) in [6.07, 6.45) is 4.89. The van der Waals surface area contributed by atoms with Gasteiger partial charge in [-0.05, 0) is 76.9 Å². The second kappa shape index (κ2) is 11.7. The van der Waals surface area contributed by atoms with E-state index in [0.29, 0.717) is 28.6 Å². The number of carbonyl (C=O) groups is 2. The molecule has 33 heavy (non-hydrogen) atoms. The highest BCUT2D eigenvalue weighted by Crippen LogP contribution is 2.39. The Balaban J connectivity index is 1.77. The van der Waals surface area contributed by atoms with Gasteiger partial charge in [-0.1, -0.05) is 49.7 Å². The van der Waals surface area contributed by atoms with E-state index < -0.39 is 0 Å². The minimum absolute atomic E-state index is 0.259. The zero-order valence-corrected chi connectivity index (χ0v) is 21.9. The maximum atomic E-state index is 12.9. The largest absolute Gasteiger partial charge is 0.493 e. The lowest BCUT2D eigenvalue weighted by Crippen LogP contribution is -2.45. The Bertz CT molecular complexity index is 1100. The Morgan fingerprint density at radius 1 is 1.27 bits per heavy atom. The summed E-state index contributed by atoms with van der Waals surface area (Å²) in [4.78, 5) is 26.0. The zero-order valence-electron chi connectivity index (χ0n) is 18.6. The average molecular weight is 550 g/mol. The molecule has 0 unspecified atom stereocenters. The normalized spacial score (nSPS) is 14.7. The van der Waals surface area contributed by atoms with Crippen molar-refractivity contribution in [3.8, 4) is 11.5 Å². The molecule has 0 spiro atoms. The van der Waals surface area contributed by atoms with Crippen LogP contribution in [0, 0.1) is 6.92 Å². The summed E-state index contributed by atoms with van der Waals surface area (Å²) in [5.41, 5.74) is 4.65. The third-order valence-electron chi connectivity index (χ3n) is 4.94. The van der Waals surface area contributed by atoms with Gasteiger partial charge in [0.05, 0.1) is 23.1 Å². The highest BCUT2D eigenvalue weighted by atomic mass is 79.9. The molecule has 2 aromatic carbocycles. The van der Waals surface area contributed by atoms with Crippen LogP contribution < -0.4 is 14.9 Å². The average Bonchev–Trinajstić information content (AvgIpc) is 3.05. The first-order valence-corrected chi connectivity index (χ1v) is 12.5. The number of nitrogens with zero attached hydrogens (tertiary/aromatic N) is 1. The maximum absolute atomic E-state index is 12.9. The number of nitrogens with one attached hydrogen (secondary N) is 1. The number of aryl methyl sites for hydroxylation is 1. The van der Waals surface area contributed by atoms with Gasteiger partial charge in [-0.25, -0.2) is 0 Å². The van der Waals surface area contributed by atoms with Crippen LogP contribution in [0.3, 0.4) is 0 Å². The standard InChI is InChI=1S/C24H25BrN2O4S2/c1-4-5-8-11-31-21-18(25)12-16(13-19(21)30-3)14-20-23(29)27(24(32)33-20)26-22(28)17-10-7-6-9-15(17)2/h6-7,9-10,12-14H,4-5,8,11H2,1-3H3,(H,26,28)/b20-14-. The molecule has 0 atom stereocenters. The van der Waals surface area contributed by atoms with Gasteiger partial charge in [-0.15, -0.1) is 0 Å². The summed E-state index contributed by atoms with van der Waals surface area (Å²) in [7, 11) is 1.57. The molecule has 1 aliphatic rings. The number of amides is 2. The van der Waals surface area contributed by atoms with E-state index in [9.17, 15) is 9.59 Å². The topological polar surface area (TPSA) is 67.9 Å². The maximum Gasteiger partial charge on any atom is 0.285 e. The van der Waals surface area contributed by atoms with E-state index in [1.165, 1.54) is 0 Å². The van der Waals surface area contributed by atoms with Gasteiger partial charge in [0.15, 0.2) is 15.8 Å². The summed E-state index contributed by atoms with van der Waals surface area (Å²) in [6.45, 7) is 4.57. The van der Waals surface area contributed by atoms with Gasteiger partial charge < -0.3 is 9.47 Å². The monoisotopic (exact) mass is 548 g/mol. The molecule has 1 heterocycles. The van der Waals surface area contributed by atoms with E-state index in [4.69, 9.17) is 21.7 Å². The van der Waals surface area contributed by atoms with Gasteiger partial charge in [-0.3, -0.25) is 15.0 Å². The Labute approximate surface area is 211 Å². The SMILES string of the molecule is CCCCCOc1c(Br)cc(/C=C2\SC(=S)N(NC(=O)c3ccccc3C)C2=O)cc1OC. The summed E-state index contributed by atoms with van der Waals surface area (Å²) in [6, 6.07) is 10.8. The fourth-order valence-electron chi connectivity index (χ4n) is 3.19. The number of benzene rings is 2.